The first-order valence-electron chi connectivity index (χ1n) is 8.65. The molecule has 6 heteroatoms. The van der Waals surface area contributed by atoms with E-state index >= 15 is 0 Å². The Balaban J connectivity index is 0.00000100. The van der Waals surface area contributed by atoms with Gasteiger partial charge >= 0.3 is 7.12 Å². The molecule has 4 nitrogen and oxygen atoms in total. The maximum atomic E-state index is 14.2. The van der Waals surface area contributed by atoms with Gasteiger partial charge in [0.05, 0.1) is 16.9 Å². The molecule has 24 heavy (non-hydrogen) atoms. The predicted molar refractivity (Wildman–Crippen MR) is 94.8 cm³/mol. The summed E-state index contributed by atoms with van der Waals surface area (Å²) in [5.74, 6) is -0.536. The van der Waals surface area contributed by atoms with Gasteiger partial charge in [-0.2, -0.15) is 0 Å². The van der Waals surface area contributed by atoms with Crippen molar-refractivity contribution in [3.8, 4) is 0 Å². The SMILES string of the molecule is CC.CC1(C)OB(c2ccc(NC(=O)C3CC3)c(F)c2)OC1(C)C. The van der Waals surface area contributed by atoms with Crippen LogP contribution in [0.4, 0.5) is 10.1 Å². The Bertz CT molecular complexity index is 598. The molecular weight excluding hydrogens is 308 g/mol. The van der Waals surface area contributed by atoms with Crippen LogP contribution in [0, 0.1) is 11.7 Å². The molecule has 132 valence electrons. The molecule has 1 aromatic rings. The number of carbonyl (C=O) groups is 1. The number of nitrogens with one attached hydrogen (secondary N) is 1. The molecule has 1 aliphatic heterocycles. The van der Waals surface area contributed by atoms with Gasteiger partial charge in [-0.3, -0.25) is 4.79 Å². The molecule has 1 saturated carbocycles. The number of benzene rings is 1. The fraction of sp³-hybridized carbons (Fsp3) is 0.611. The van der Waals surface area contributed by atoms with Crippen LogP contribution in [0.5, 0.6) is 0 Å². The van der Waals surface area contributed by atoms with Crippen molar-refractivity contribution >= 4 is 24.2 Å². The van der Waals surface area contributed by atoms with Crippen LogP contribution in [-0.2, 0) is 14.1 Å². The van der Waals surface area contributed by atoms with E-state index in [1.165, 1.54) is 6.07 Å². The molecule has 0 unspecified atom stereocenters. The van der Waals surface area contributed by atoms with E-state index in [1.807, 2.05) is 41.5 Å². The number of rotatable bonds is 3. The van der Waals surface area contributed by atoms with Gasteiger partial charge in [0.25, 0.3) is 0 Å². The summed E-state index contributed by atoms with van der Waals surface area (Å²) in [5, 5.41) is 2.63. The monoisotopic (exact) mass is 335 g/mol. The summed E-state index contributed by atoms with van der Waals surface area (Å²) in [6, 6.07) is 4.66. The molecule has 1 N–H and O–H groups in total. The van der Waals surface area contributed by atoms with Gasteiger partial charge in [-0.25, -0.2) is 4.39 Å². The zero-order valence-corrected chi connectivity index (χ0v) is 15.4. The molecule has 0 aromatic heterocycles. The summed E-state index contributed by atoms with van der Waals surface area (Å²) in [7, 11) is -0.604. The summed E-state index contributed by atoms with van der Waals surface area (Å²) >= 11 is 0. The maximum Gasteiger partial charge on any atom is 0.494 e. The number of hydrogen-bond donors (Lipinski definition) is 1. The van der Waals surface area contributed by atoms with Gasteiger partial charge in [0, 0.05) is 5.92 Å². The Kier molecular flexibility index (Phi) is 5.40. The zero-order chi connectivity index (χ0) is 18.1. The number of halogens is 1. The minimum atomic E-state index is -0.604. The quantitative estimate of drug-likeness (QED) is 0.860. The van der Waals surface area contributed by atoms with Crippen LogP contribution in [0.2, 0.25) is 0 Å². The Morgan fingerprint density at radius 3 is 2.17 bits per heavy atom. The molecule has 0 atom stereocenters. The first-order valence-corrected chi connectivity index (χ1v) is 8.65. The van der Waals surface area contributed by atoms with Gasteiger partial charge in [0.1, 0.15) is 5.82 Å². The van der Waals surface area contributed by atoms with Gasteiger partial charge in [-0.1, -0.05) is 19.9 Å². The highest BCUT2D eigenvalue weighted by molar-refractivity contribution is 6.62. The smallest absolute Gasteiger partial charge is 0.399 e. The van der Waals surface area contributed by atoms with E-state index in [1.54, 1.807) is 12.1 Å². The number of hydrogen-bond acceptors (Lipinski definition) is 3. The number of anilines is 1. The molecule has 0 spiro atoms. The molecular formula is C18H27BFNO3. The second-order valence-corrected chi connectivity index (χ2v) is 7.09. The molecule has 1 aliphatic carbocycles. The highest BCUT2D eigenvalue weighted by atomic mass is 19.1. The van der Waals surface area contributed by atoms with Crippen molar-refractivity contribution < 1.29 is 18.5 Å². The Morgan fingerprint density at radius 2 is 1.71 bits per heavy atom. The van der Waals surface area contributed by atoms with Crippen LogP contribution < -0.4 is 10.8 Å². The van der Waals surface area contributed by atoms with Gasteiger partial charge in [0.15, 0.2) is 0 Å². The molecule has 1 heterocycles. The van der Waals surface area contributed by atoms with E-state index in [9.17, 15) is 9.18 Å². The summed E-state index contributed by atoms with van der Waals surface area (Å²) in [4.78, 5) is 11.7. The van der Waals surface area contributed by atoms with Crippen LogP contribution in [0.15, 0.2) is 18.2 Å². The maximum absolute atomic E-state index is 14.2. The van der Waals surface area contributed by atoms with Gasteiger partial charge in [-0.15, -0.1) is 0 Å². The van der Waals surface area contributed by atoms with Crippen molar-refractivity contribution in [1.29, 1.82) is 0 Å². The second-order valence-electron chi connectivity index (χ2n) is 7.09. The standard InChI is InChI=1S/C16H21BFNO3.C2H6/c1-15(2)16(3,4)22-17(21-15)11-7-8-13(12(18)9-11)19-14(20)10-5-6-10;1-2/h7-10H,5-6H2,1-4H3,(H,19,20);1-2H3. The minimum Gasteiger partial charge on any atom is -0.399 e. The Morgan fingerprint density at radius 1 is 1.17 bits per heavy atom. The first kappa shape index (κ1) is 18.9. The van der Waals surface area contributed by atoms with E-state index in [-0.39, 0.29) is 17.5 Å². The van der Waals surface area contributed by atoms with E-state index in [4.69, 9.17) is 9.31 Å². The summed E-state index contributed by atoms with van der Waals surface area (Å²) in [6.45, 7) is 11.8. The van der Waals surface area contributed by atoms with Crippen molar-refractivity contribution in [2.45, 2.75) is 65.6 Å². The predicted octanol–water partition coefficient (Wildman–Crippen LogP) is 3.50. The minimum absolute atomic E-state index is 0.0437. The average Bonchev–Trinajstić information content (AvgIpc) is 3.31. The molecule has 1 aromatic carbocycles. The summed E-state index contributed by atoms with van der Waals surface area (Å²) in [6.07, 6.45) is 1.78. The van der Waals surface area contributed by atoms with Crippen molar-refractivity contribution in [3.63, 3.8) is 0 Å². The lowest BCUT2D eigenvalue weighted by atomic mass is 9.79. The van der Waals surface area contributed by atoms with Crippen LogP contribution in [-0.4, -0.2) is 24.2 Å². The highest BCUT2D eigenvalue weighted by Gasteiger charge is 2.51. The molecule has 0 bridgehead atoms. The van der Waals surface area contributed by atoms with Crippen LogP contribution in [0.1, 0.15) is 54.4 Å². The van der Waals surface area contributed by atoms with E-state index in [0.29, 0.717) is 5.46 Å². The molecule has 2 aliphatic rings. The molecule has 3 rings (SSSR count). The van der Waals surface area contributed by atoms with Crippen molar-refractivity contribution in [3.05, 3.63) is 24.0 Å². The van der Waals surface area contributed by atoms with Crippen LogP contribution in [0.25, 0.3) is 0 Å². The first-order chi connectivity index (χ1) is 11.2. The van der Waals surface area contributed by atoms with Crippen LogP contribution in [0.3, 0.4) is 0 Å². The van der Waals surface area contributed by atoms with Gasteiger partial charge in [-0.05, 0) is 58.1 Å². The van der Waals surface area contributed by atoms with Crippen LogP contribution >= 0.6 is 0 Å². The summed E-state index contributed by atoms with van der Waals surface area (Å²) < 4.78 is 26.0. The molecule has 1 amide bonds. The number of carbonyl (C=O) groups excluding carboxylic acids is 1. The topological polar surface area (TPSA) is 47.6 Å². The molecule has 2 fully saturated rings. The fourth-order valence-electron chi connectivity index (χ4n) is 2.34. The molecule has 0 radical (unpaired) electrons. The van der Waals surface area contributed by atoms with E-state index in [0.717, 1.165) is 12.8 Å². The fourth-order valence-corrected chi connectivity index (χ4v) is 2.34. The third-order valence-corrected chi connectivity index (χ3v) is 4.72. The normalized spacial score (nSPS) is 21.0. The van der Waals surface area contributed by atoms with E-state index < -0.39 is 24.1 Å². The second kappa shape index (κ2) is 6.85. The molecule has 1 saturated heterocycles. The van der Waals surface area contributed by atoms with Crippen molar-refractivity contribution in [2.24, 2.45) is 5.92 Å². The largest absolute Gasteiger partial charge is 0.494 e. The lowest BCUT2D eigenvalue weighted by Crippen LogP contribution is -2.41. The third kappa shape index (κ3) is 3.81. The average molecular weight is 335 g/mol. The van der Waals surface area contributed by atoms with Crippen molar-refractivity contribution in [2.75, 3.05) is 5.32 Å². The summed E-state index contributed by atoms with van der Waals surface area (Å²) in [5.41, 5.74) is -0.113. The van der Waals surface area contributed by atoms with Crippen molar-refractivity contribution in [1.82, 2.24) is 0 Å². The number of amides is 1. The highest BCUT2D eigenvalue weighted by Crippen LogP contribution is 2.36. The van der Waals surface area contributed by atoms with E-state index in [2.05, 4.69) is 5.32 Å². The Labute approximate surface area is 144 Å². The lowest BCUT2D eigenvalue weighted by molar-refractivity contribution is -0.117. The zero-order valence-electron chi connectivity index (χ0n) is 15.4. The third-order valence-electron chi connectivity index (χ3n) is 4.72. The van der Waals surface area contributed by atoms with Gasteiger partial charge < -0.3 is 14.6 Å². The Hall–Kier alpha value is -1.40. The van der Waals surface area contributed by atoms with Gasteiger partial charge in [0.2, 0.25) is 5.91 Å². The lowest BCUT2D eigenvalue weighted by Gasteiger charge is -2.32.